The summed E-state index contributed by atoms with van der Waals surface area (Å²) in [5, 5.41) is 11.9. The van der Waals surface area contributed by atoms with Crippen LogP contribution in [0.4, 0.5) is 0 Å². The summed E-state index contributed by atoms with van der Waals surface area (Å²) < 4.78 is 0. The second-order valence-electron chi connectivity index (χ2n) is 13.5. The Morgan fingerprint density at radius 3 is 1.26 bits per heavy atom. The Morgan fingerprint density at radius 2 is 0.704 bits per heavy atom. The van der Waals surface area contributed by atoms with Gasteiger partial charge < -0.3 is 0 Å². The van der Waals surface area contributed by atoms with Gasteiger partial charge >= 0.3 is 0 Å². The molecule has 250 valence electrons. The molecule has 4 nitrogen and oxygen atoms in total. The molecule has 0 fully saturated rings. The van der Waals surface area contributed by atoms with Gasteiger partial charge in [0, 0.05) is 16.7 Å². The summed E-state index contributed by atoms with van der Waals surface area (Å²) in [4.78, 5) is 14.8. The molecule has 8 aromatic carbocycles. The van der Waals surface area contributed by atoms with Gasteiger partial charge in [-0.15, -0.1) is 0 Å². The number of benzene rings is 8. The third kappa shape index (κ3) is 5.35. The summed E-state index contributed by atoms with van der Waals surface area (Å²) in [6, 6.07) is 65.3. The van der Waals surface area contributed by atoms with E-state index in [-0.39, 0.29) is 0 Å². The van der Waals surface area contributed by atoms with Crippen LogP contribution in [0.5, 0.6) is 0 Å². The predicted molar refractivity (Wildman–Crippen MR) is 219 cm³/mol. The van der Waals surface area contributed by atoms with Gasteiger partial charge in [0.2, 0.25) is 0 Å². The number of nitrogens with zero attached hydrogens (tertiary/aromatic N) is 4. The zero-order chi connectivity index (χ0) is 36.0. The van der Waals surface area contributed by atoms with Crippen LogP contribution >= 0.6 is 0 Å². The predicted octanol–water partition coefficient (Wildman–Crippen LogP) is 12.5. The Labute approximate surface area is 313 Å². The minimum Gasteiger partial charge on any atom is -0.208 e. The van der Waals surface area contributed by atoms with E-state index in [0.717, 1.165) is 38.9 Å². The Kier molecular flexibility index (Phi) is 7.49. The zero-order valence-electron chi connectivity index (χ0n) is 29.1. The van der Waals surface area contributed by atoms with Crippen LogP contribution in [0.25, 0.3) is 101 Å². The van der Waals surface area contributed by atoms with E-state index in [1.54, 1.807) is 0 Å². The fourth-order valence-corrected chi connectivity index (χ4v) is 7.72. The third-order valence-corrected chi connectivity index (χ3v) is 10.3. The van der Waals surface area contributed by atoms with Crippen LogP contribution in [-0.4, -0.2) is 15.0 Å². The molecule has 1 aromatic heterocycles. The van der Waals surface area contributed by atoms with E-state index in [9.17, 15) is 5.26 Å². The number of aromatic nitrogens is 3. The molecule has 1 heterocycles. The molecule has 0 bridgehead atoms. The number of nitriles is 1. The molecule has 1 aliphatic carbocycles. The molecule has 4 heteroatoms. The average molecular weight is 687 g/mol. The summed E-state index contributed by atoms with van der Waals surface area (Å²) in [6.45, 7) is 0. The first kappa shape index (κ1) is 31.3. The van der Waals surface area contributed by atoms with Gasteiger partial charge in [0.25, 0.3) is 0 Å². The van der Waals surface area contributed by atoms with Gasteiger partial charge in [-0.2, -0.15) is 5.26 Å². The maximum atomic E-state index is 9.35. The Hall–Kier alpha value is -7.48. The largest absolute Gasteiger partial charge is 0.208 e. The highest BCUT2D eigenvalue weighted by atomic mass is 15.0. The summed E-state index contributed by atoms with van der Waals surface area (Å²) >= 11 is 0. The second kappa shape index (κ2) is 12.9. The summed E-state index contributed by atoms with van der Waals surface area (Å²) in [6.07, 6.45) is 0. The minimum atomic E-state index is 0.630. The molecule has 0 spiro atoms. The van der Waals surface area contributed by atoms with Gasteiger partial charge in [0.1, 0.15) is 0 Å². The molecule has 1 aliphatic rings. The van der Waals surface area contributed by atoms with E-state index in [1.807, 2.05) is 84.9 Å². The van der Waals surface area contributed by atoms with Gasteiger partial charge in [-0.25, -0.2) is 15.0 Å². The number of hydrogen-bond acceptors (Lipinski definition) is 4. The van der Waals surface area contributed by atoms with Gasteiger partial charge in [0.15, 0.2) is 17.5 Å². The van der Waals surface area contributed by atoms with Crippen molar-refractivity contribution in [1.82, 2.24) is 15.0 Å². The molecule has 0 aliphatic heterocycles. The maximum Gasteiger partial charge on any atom is 0.164 e. The van der Waals surface area contributed by atoms with Crippen LogP contribution in [0.2, 0.25) is 0 Å². The fourth-order valence-electron chi connectivity index (χ4n) is 7.72. The summed E-state index contributed by atoms with van der Waals surface area (Å²) in [5.74, 6) is 1.91. The van der Waals surface area contributed by atoms with E-state index >= 15 is 0 Å². The fraction of sp³-hybridized carbons (Fsp3) is 0. The Balaban J connectivity index is 1.12. The molecule has 0 saturated carbocycles. The lowest BCUT2D eigenvalue weighted by atomic mass is 9.87. The zero-order valence-corrected chi connectivity index (χ0v) is 29.1. The molecule has 0 unspecified atom stereocenters. The molecule has 9 aromatic rings. The van der Waals surface area contributed by atoms with E-state index in [1.165, 1.54) is 44.2 Å². The van der Waals surface area contributed by atoms with Crippen LogP contribution in [-0.2, 0) is 0 Å². The van der Waals surface area contributed by atoms with Crippen LogP contribution in [0.1, 0.15) is 5.56 Å². The highest BCUT2D eigenvalue weighted by molar-refractivity contribution is 6.22. The lowest BCUT2D eigenvalue weighted by molar-refractivity contribution is 1.07. The van der Waals surface area contributed by atoms with Gasteiger partial charge in [-0.05, 0) is 84.6 Å². The first-order valence-electron chi connectivity index (χ1n) is 18.0. The number of fused-ring (bicyclic) bond motifs is 3. The van der Waals surface area contributed by atoms with Gasteiger partial charge in [-0.1, -0.05) is 164 Å². The highest BCUT2D eigenvalue weighted by Gasteiger charge is 2.25. The van der Waals surface area contributed by atoms with Gasteiger partial charge in [0.05, 0.1) is 11.6 Å². The molecule has 0 atom stereocenters. The van der Waals surface area contributed by atoms with Gasteiger partial charge in [-0.3, -0.25) is 0 Å². The van der Waals surface area contributed by atoms with E-state index in [2.05, 4.69) is 103 Å². The minimum absolute atomic E-state index is 0.630. The maximum absolute atomic E-state index is 9.35. The monoisotopic (exact) mass is 686 g/mol. The lowest BCUT2D eigenvalue weighted by Crippen LogP contribution is -2.00. The molecule has 0 radical (unpaired) electrons. The molecule has 10 rings (SSSR count). The average Bonchev–Trinajstić information content (AvgIpc) is 3.59. The van der Waals surface area contributed by atoms with Crippen molar-refractivity contribution in [2.75, 3.05) is 0 Å². The van der Waals surface area contributed by atoms with Crippen molar-refractivity contribution in [3.63, 3.8) is 0 Å². The normalized spacial score (nSPS) is 11.3. The van der Waals surface area contributed by atoms with Crippen molar-refractivity contribution >= 4 is 10.8 Å². The van der Waals surface area contributed by atoms with E-state index < -0.39 is 0 Å². The van der Waals surface area contributed by atoms with Crippen molar-refractivity contribution in [2.45, 2.75) is 0 Å². The first-order chi connectivity index (χ1) is 26.7. The highest BCUT2D eigenvalue weighted by Crippen LogP contribution is 2.52. The van der Waals surface area contributed by atoms with Crippen molar-refractivity contribution < 1.29 is 0 Å². The molecular formula is C50H30N4. The van der Waals surface area contributed by atoms with E-state index in [4.69, 9.17) is 15.0 Å². The molecular weight excluding hydrogens is 657 g/mol. The van der Waals surface area contributed by atoms with Crippen molar-refractivity contribution in [2.24, 2.45) is 0 Å². The standard InChI is InChI=1S/C50H30N4/c51-31-32-18-20-33(21-19-32)38-14-9-15-39(30-38)41-27-29-45-43-17-8-7-16-42(43)44-28-26-40(46(41)47(44)45)34-22-24-37(25-23-34)50-53-48(35-10-3-1-4-11-35)52-49(54-50)36-12-5-2-6-13-36/h1-30H. The van der Waals surface area contributed by atoms with Crippen LogP contribution in [0.3, 0.4) is 0 Å². The number of hydrogen-bond donors (Lipinski definition) is 0. The molecule has 0 saturated heterocycles. The van der Waals surface area contributed by atoms with Crippen LogP contribution < -0.4 is 0 Å². The first-order valence-corrected chi connectivity index (χ1v) is 18.0. The van der Waals surface area contributed by atoms with Crippen molar-refractivity contribution in [3.8, 4) is 95.9 Å². The lowest BCUT2D eigenvalue weighted by Gasteiger charge is -2.16. The number of rotatable bonds is 6. The van der Waals surface area contributed by atoms with Crippen LogP contribution in [0.15, 0.2) is 182 Å². The van der Waals surface area contributed by atoms with Crippen molar-refractivity contribution in [1.29, 1.82) is 5.26 Å². The van der Waals surface area contributed by atoms with Crippen LogP contribution in [0, 0.1) is 11.3 Å². The summed E-state index contributed by atoms with van der Waals surface area (Å²) in [5.41, 5.74) is 15.3. The SMILES string of the molecule is N#Cc1ccc(-c2cccc(-c3ccc4c5c(ccc(-c6ccc(-c7nc(-c8ccccc8)nc(-c8ccccc8)n7)cc6)c35)-c3ccccc3-4)c2)cc1. The second-order valence-corrected chi connectivity index (χ2v) is 13.5. The van der Waals surface area contributed by atoms with Crippen molar-refractivity contribution in [3.05, 3.63) is 188 Å². The quantitative estimate of drug-likeness (QED) is 0.175. The topological polar surface area (TPSA) is 62.5 Å². The molecule has 0 N–H and O–H groups in total. The molecule has 54 heavy (non-hydrogen) atoms. The smallest absolute Gasteiger partial charge is 0.164 e. The Bertz CT molecular complexity index is 2820. The van der Waals surface area contributed by atoms with E-state index in [0.29, 0.717) is 23.0 Å². The Morgan fingerprint density at radius 1 is 0.296 bits per heavy atom. The third-order valence-electron chi connectivity index (χ3n) is 10.3. The summed E-state index contributed by atoms with van der Waals surface area (Å²) in [7, 11) is 0. The molecule has 0 amide bonds.